The van der Waals surface area contributed by atoms with Crippen molar-refractivity contribution < 1.29 is 9.90 Å². The Morgan fingerprint density at radius 3 is 2.00 bits per heavy atom. The summed E-state index contributed by atoms with van der Waals surface area (Å²) < 4.78 is 0. The molecule has 1 saturated carbocycles. The SMILES string of the molecule is CC(C)CCN(CCC(C)C)CC(C)(NC1CC1)C(=O)O. The molecular formula is C17H34N2O2. The zero-order valence-corrected chi connectivity index (χ0v) is 14.5. The molecule has 1 fully saturated rings. The van der Waals surface area contributed by atoms with Crippen LogP contribution in [0.15, 0.2) is 0 Å². The summed E-state index contributed by atoms with van der Waals surface area (Å²) in [5.74, 6) is 0.576. The molecule has 1 aliphatic rings. The lowest BCUT2D eigenvalue weighted by Crippen LogP contribution is -2.58. The summed E-state index contributed by atoms with van der Waals surface area (Å²) in [5.41, 5.74) is -0.824. The molecule has 1 aliphatic carbocycles. The predicted molar refractivity (Wildman–Crippen MR) is 87.5 cm³/mol. The summed E-state index contributed by atoms with van der Waals surface area (Å²) in [6, 6.07) is 0.406. The van der Waals surface area contributed by atoms with Gasteiger partial charge in [-0.3, -0.25) is 10.1 Å². The van der Waals surface area contributed by atoms with E-state index in [1.165, 1.54) is 0 Å². The number of nitrogens with zero attached hydrogens (tertiary/aromatic N) is 1. The first-order chi connectivity index (χ1) is 9.73. The van der Waals surface area contributed by atoms with Gasteiger partial charge >= 0.3 is 5.97 Å². The molecule has 1 atom stereocenters. The lowest BCUT2D eigenvalue weighted by molar-refractivity contribution is -0.145. The number of carbonyl (C=O) groups is 1. The molecular weight excluding hydrogens is 264 g/mol. The second-order valence-corrected chi connectivity index (χ2v) is 7.70. The molecule has 0 heterocycles. The summed E-state index contributed by atoms with van der Waals surface area (Å²) in [6.07, 6.45) is 4.47. The van der Waals surface area contributed by atoms with Gasteiger partial charge in [0, 0.05) is 12.6 Å². The van der Waals surface area contributed by atoms with Gasteiger partial charge < -0.3 is 10.0 Å². The second-order valence-electron chi connectivity index (χ2n) is 7.70. The molecule has 1 rings (SSSR count). The summed E-state index contributed by atoms with van der Waals surface area (Å²) in [5, 5.41) is 13.0. The van der Waals surface area contributed by atoms with Crippen LogP contribution in [0.4, 0.5) is 0 Å². The Morgan fingerprint density at radius 2 is 1.67 bits per heavy atom. The van der Waals surface area contributed by atoms with E-state index < -0.39 is 11.5 Å². The van der Waals surface area contributed by atoms with Crippen molar-refractivity contribution in [3.8, 4) is 0 Å². The van der Waals surface area contributed by atoms with Gasteiger partial charge in [-0.2, -0.15) is 0 Å². The van der Waals surface area contributed by atoms with E-state index in [1.54, 1.807) is 0 Å². The highest BCUT2D eigenvalue weighted by atomic mass is 16.4. The average Bonchev–Trinajstić information content (AvgIpc) is 3.15. The molecule has 0 aromatic rings. The summed E-state index contributed by atoms with van der Waals surface area (Å²) in [7, 11) is 0. The zero-order valence-electron chi connectivity index (χ0n) is 14.5. The summed E-state index contributed by atoms with van der Waals surface area (Å²) >= 11 is 0. The van der Waals surface area contributed by atoms with Gasteiger partial charge in [0.1, 0.15) is 5.54 Å². The summed E-state index contributed by atoms with van der Waals surface area (Å²) in [4.78, 5) is 14.0. The van der Waals surface area contributed by atoms with Crippen LogP contribution in [-0.2, 0) is 4.79 Å². The van der Waals surface area contributed by atoms with E-state index in [2.05, 4.69) is 37.9 Å². The van der Waals surface area contributed by atoms with Crippen molar-refractivity contribution in [3.63, 3.8) is 0 Å². The Hall–Kier alpha value is -0.610. The molecule has 21 heavy (non-hydrogen) atoms. The van der Waals surface area contributed by atoms with Crippen molar-refractivity contribution in [3.05, 3.63) is 0 Å². The highest BCUT2D eigenvalue weighted by Gasteiger charge is 2.39. The minimum Gasteiger partial charge on any atom is -0.480 e. The van der Waals surface area contributed by atoms with Crippen LogP contribution in [0, 0.1) is 11.8 Å². The van der Waals surface area contributed by atoms with Crippen LogP contribution in [0.1, 0.15) is 60.3 Å². The quantitative estimate of drug-likeness (QED) is 0.616. The molecule has 4 heteroatoms. The Labute approximate surface area is 130 Å². The molecule has 0 aliphatic heterocycles. The average molecular weight is 298 g/mol. The molecule has 1 unspecified atom stereocenters. The van der Waals surface area contributed by atoms with E-state index in [1.807, 2.05) is 6.92 Å². The second kappa shape index (κ2) is 8.14. The molecule has 2 N–H and O–H groups in total. The maximum Gasteiger partial charge on any atom is 0.324 e. The van der Waals surface area contributed by atoms with E-state index in [-0.39, 0.29) is 0 Å². The largest absolute Gasteiger partial charge is 0.480 e. The van der Waals surface area contributed by atoms with Crippen LogP contribution in [0.3, 0.4) is 0 Å². The third-order valence-electron chi connectivity index (χ3n) is 4.16. The molecule has 0 aromatic heterocycles. The fourth-order valence-corrected chi connectivity index (χ4v) is 2.45. The van der Waals surface area contributed by atoms with Crippen LogP contribution < -0.4 is 5.32 Å². The van der Waals surface area contributed by atoms with Crippen LogP contribution in [0.2, 0.25) is 0 Å². The van der Waals surface area contributed by atoms with E-state index in [0.717, 1.165) is 38.8 Å². The molecule has 4 nitrogen and oxygen atoms in total. The minimum absolute atomic E-state index is 0.406. The molecule has 124 valence electrons. The van der Waals surface area contributed by atoms with Gasteiger partial charge in [-0.25, -0.2) is 0 Å². The maximum atomic E-state index is 11.7. The standard InChI is InChI=1S/C17H34N2O2/c1-13(2)8-10-19(11-9-14(3)4)12-17(5,16(20)21)18-15-6-7-15/h13-15,18H,6-12H2,1-5H3,(H,20,21). The normalized spacial score (nSPS) is 18.5. The molecule has 0 amide bonds. The van der Waals surface area contributed by atoms with Crippen molar-refractivity contribution in [2.45, 2.75) is 71.9 Å². The fourth-order valence-electron chi connectivity index (χ4n) is 2.45. The lowest BCUT2D eigenvalue weighted by Gasteiger charge is -2.34. The predicted octanol–water partition coefficient (Wildman–Crippen LogP) is 2.98. The summed E-state index contributed by atoms with van der Waals surface area (Å²) in [6.45, 7) is 13.3. The fraction of sp³-hybridized carbons (Fsp3) is 0.941. The van der Waals surface area contributed by atoms with Gasteiger partial charge in [-0.1, -0.05) is 27.7 Å². The molecule has 0 radical (unpaired) electrons. The number of carboxylic acids is 1. The van der Waals surface area contributed by atoms with Crippen LogP contribution in [0.5, 0.6) is 0 Å². The molecule has 0 bridgehead atoms. The number of rotatable bonds is 11. The van der Waals surface area contributed by atoms with Crippen molar-refractivity contribution in [1.82, 2.24) is 10.2 Å². The third-order valence-corrected chi connectivity index (χ3v) is 4.16. The van der Waals surface area contributed by atoms with Crippen LogP contribution in [0.25, 0.3) is 0 Å². The van der Waals surface area contributed by atoms with Gasteiger partial charge in [0.2, 0.25) is 0 Å². The van der Waals surface area contributed by atoms with E-state index >= 15 is 0 Å². The van der Waals surface area contributed by atoms with Gasteiger partial charge in [-0.05, 0) is 57.5 Å². The van der Waals surface area contributed by atoms with Crippen molar-refractivity contribution >= 4 is 5.97 Å². The Balaban J connectivity index is 2.62. The van der Waals surface area contributed by atoms with E-state index in [4.69, 9.17) is 0 Å². The number of carboxylic acid groups (broad SMARTS) is 1. The van der Waals surface area contributed by atoms with E-state index in [0.29, 0.717) is 24.4 Å². The van der Waals surface area contributed by atoms with Crippen molar-refractivity contribution in [2.75, 3.05) is 19.6 Å². The van der Waals surface area contributed by atoms with Gasteiger partial charge in [0.15, 0.2) is 0 Å². The zero-order chi connectivity index (χ0) is 16.0. The molecule has 0 aromatic carbocycles. The molecule has 0 saturated heterocycles. The third kappa shape index (κ3) is 7.28. The van der Waals surface area contributed by atoms with Crippen molar-refractivity contribution in [1.29, 1.82) is 0 Å². The highest BCUT2D eigenvalue weighted by molar-refractivity contribution is 5.78. The van der Waals surface area contributed by atoms with Crippen LogP contribution >= 0.6 is 0 Å². The number of hydrogen-bond acceptors (Lipinski definition) is 3. The maximum absolute atomic E-state index is 11.7. The number of nitrogens with one attached hydrogen (secondary N) is 1. The van der Waals surface area contributed by atoms with Crippen molar-refractivity contribution in [2.24, 2.45) is 11.8 Å². The number of hydrogen-bond donors (Lipinski definition) is 2. The lowest BCUT2D eigenvalue weighted by atomic mass is 10.00. The van der Waals surface area contributed by atoms with Crippen LogP contribution in [-0.4, -0.2) is 47.2 Å². The number of aliphatic carboxylic acids is 1. The topological polar surface area (TPSA) is 52.6 Å². The first kappa shape index (κ1) is 18.4. The minimum atomic E-state index is -0.824. The van der Waals surface area contributed by atoms with E-state index in [9.17, 15) is 9.90 Å². The highest BCUT2D eigenvalue weighted by Crippen LogP contribution is 2.23. The first-order valence-corrected chi connectivity index (χ1v) is 8.46. The Bertz CT molecular complexity index is 315. The molecule has 0 spiro atoms. The Morgan fingerprint density at radius 1 is 1.19 bits per heavy atom. The van der Waals surface area contributed by atoms with Gasteiger partial charge in [0.05, 0.1) is 0 Å². The first-order valence-electron chi connectivity index (χ1n) is 8.46. The smallest absolute Gasteiger partial charge is 0.324 e. The van der Waals surface area contributed by atoms with Gasteiger partial charge in [0.25, 0.3) is 0 Å². The van der Waals surface area contributed by atoms with Gasteiger partial charge in [-0.15, -0.1) is 0 Å². The Kier molecular flexibility index (Phi) is 7.14. The monoisotopic (exact) mass is 298 g/mol.